The number of ether oxygens (including phenoxy) is 2. The Hall–Kier alpha value is -4.79. The zero-order valence-corrected chi connectivity index (χ0v) is 30.4. The highest BCUT2D eigenvalue weighted by Gasteiger charge is 2.37. The van der Waals surface area contributed by atoms with Crippen LogP contribution in [0.4, 0.5) is 5.69 Å². The van der Waals surface area contributed by atoms with Gasteiger partial charge in [0, 0.05) is 85.6 Å². The minimum absolute atomic E-state index is 0.0230. The SMILES string of the molecule is C=N/C(OC(C)=O)=C(\N=CC)C1=c2cc3c(cc2Oc2cc4c(cc21)C(C)=CC(C)(C)N4CC)=[N+](CCCCCC(=O)O)C(C)(C)C=C3C. The lowest BCUT2D eigenvalue weighted by Crippen LogP contribution is -2.50. The molecule has 9 heteroatoms. The number of nitrogens with zero attached hydrogens (tertiary/aromatic N) is 4. The Balaban J connectivity index is 1.86. The second-order valence-electron chi connectivity index (χ2n) is 14.1. The van der Waals surface area contributed by atoms with Crippen molar-refractivity contribution in [3.63, 3.8) is 0 Å². The zero-order valence-electron chi connectivity index (χ0n) is 30.4. The first kappa shape index (κ1) is 35.5. The molecule has 2 aromatic rings. The lowest BCUT2D eigenvalue weighted by Gasteiger charge is -2.43. The summed E-state index contributed by atoms with van der Waals surface area (Å²) in [6.45, 7) is 23.7. The maximum Gasteiger partial charge on any atom is 0.309 e. The largest absolute Gasteiger partial charge is 0.481 e. The van der Waals surface area contributed by atoms with E-state index in [0.29, 0.717) is 23.6 Å². The van der Waals surface area contributed by atoms with Gasteiger partial charge in [-0.25, -0.2) is 9.57 Å². The number of anilines is 1. The van der Waals surface area contributed by atoms with Crippen LogP contribution in [-0.2, 0) is 14.3 Å². The van der Waals surface area contributed by atoms with Gasteiger partial charge in [0.25, 0.3) is 0 Å². The van der Waals surface area contributed by atoms with Crippen molar-refractivity contribution in [2.75, 3.05) is 18.0 Å². The highest BCUT2D eigenvalue weighted by Crippen LogP contribution is 2.47. The topological polar surface area (TPSA) is 104 Å². The van der Waals surface area contributed by atoms with Crippen LogP contribution in [0.1, 0.15) is 105 Å². The second kappa shape index (κ2) is 13.6. The van der Waals surface area contributed by atoms with Crippen molar-refractivity contribution in [2.45, 2.75) is 99.1 Å². The Bertz CT molecular complexity index is 1990. The van der Waals surface area contributed by atoms with Crippen LogP contribution in [0, 0.1) is 0 Å². The molecule has 3 aliphatic rings. The van der Waals surface area contributed by atoms with E-state index in [4.69, 9.17) is 19.6 Å². The molecule has 0 amide bonds. The molecule has 3 aliphatic heterocycles. The summed E-state index contributed by atoms with van der Waals surface area (Å²) >= 11 is 0. The summed E-state index contributed by atoms with van der Waals surface area (Å²) in [5, 5.41) is 11.0. The first-order valence-electron chi connectivity index (χ1n) is 17.1. The molecule has 9 nitrogen and oxygen atoms in total. The van der Waals surface area contributed by atoms with Crippen LogP contribution in [0.3, 0.4) is 0 Å². The van der Waals surface area contributed by atoms with E-state index in [1.807, 2.05) is 6.92 Å². The fourth-order valence-electron chi connectivity index (χ4n) is 7.64. The van der Waals surface area contributed by atoms with E-state index in [9.17, 15) is 9.59 Å². The molecule has 0 fully saturated rings. The number of carbonyl (C=O) groups is 2. The molecule has 49 heavy (non-hydrogen) atoms. The smallest absolute Gasteiger partial charge is 0.309 e. The molecule has 0 unspecified atom stereocenters. The molecule has 0 saturated carbocycles. The van der Waals surface area contributed by atoms with Crippen molar-refractivity contribution in [3.05, 3.63) is 75.3 Å². The van der Waals surface area contributed by atoms with Gasteiger partial charge in [-0.3, -0.25) is 14.6 Å². The number of likely N-dealkylation sites (N-methyl/N-ethyl adjacent to an activating group) is 1. The van der Waals surface area contributed by atoms with E-state index >= 15 is 0 Å². The van der Waals surface area contributed by atoms with Gasteiger partial charge >= 0.3 is 11.9 Å². The lowest BCUT2D eigenvalue weighted by atomic mass is 9.85. The van der Waals surface area contributed by atoms with Crippen molar-refractivity contribution in [1.29, 1.82) is 0 Å². The highest BCUT2D eigenvalue weighted by atomic mass is 16.5. The summed E-state index contributed by atoms with van der Waals surface area (Å²) in [5.41, 5.74) is 7.00. The highest BCUT2D eigenvalue weighted by molar-refractivity contribution is 5.92. The Kier molecular flexibility index (Phi) is 9.86. The van der Waals surface area contributed by atoms with E-state index in [0.717, 1.165) is 75.6 Å². The normalized spacial score (nSPS) is 17.5. The fourth-order valence-corrected chi connectivity index (χ4v) is 7.64. The van der Waals surface area contributed by atoms with Gasteiger partial charge in [-0.15, -0.1) is 0 Å². The van der Waals surface area contributed by atoms with Gasteiger partial charge in [-0.1, -0.05) is 6.08 Å². The molecule has 2 aromatic carbocycles. The van der Waals surface area contributed by atoms with Crippen LogP contribution in [0.15, 0.2) is 58.0 Å². The number of aliphatic carboxylic acids is 1. The standard InChI is InChI=1S/C40H48N4O5/c1-11-42-37(38(41-10)48-26(5)45)36-29-18-27-24(3)22-39(6,7)43(12-2)31(27)20-33(29)49-34-21-32-28(19-30(34)36)25(4)23-40(8,9)44(32)17-15-13-14-16-35(46)47/h11,18-23H,10,12-17H2,1-9H3/p+1. The van der Waals surface area contributed by atoms with Crippen LogP contribution in [0.2, 0.25) is 0 Å². The zero-order chi connectivity index (χ0) is 35.8. The maximum atomic E-state index is 12.3. The van der Waals surface area contributed by atoms with Crippen LogP contribution < -0.4 is 24.8 Å². The van der Waals surface area contributed by atoms with Gasteiger partial charge in [-0.05, 0) is 90.5 Å². The molecule has 0 aliphatic carbocycles. The molecule has 0 radical (unpaired) electrons. The summed E-state index contributed by atoms with van der Waals surface area (Å²) in [5.74, 6) is 0.0658. The predicted molar refractivity (Wildman–Crippen MR) is 198 cm³/mol. The number of carboxylic acid groups (broad SMARTS) is 1. The molecule has 0 bridgehead atoms. The number of benzene rings is 2. The van der Waals surface area contributed by atoms with Crippen molar-refractivity contribution >= 4 is 47.3 Å². The summed E-state index contributed by atoms with van der Waals surface area (Å²) in [6, 6.07) is 8.52. The van der Waals surface area contributed by atoms with E-state index in [2.05, 4.69) is 106 Å². The lowest BCUT2D eigenvalue weighted by molar-refractivity contribution is -0.138. The molecule has 1 N–H and O–H groups in total. The molecule has 0 aromatic heterocycles. The average molecular weight is 666 g/mol. The van der Waals surface area contributed by atoms with Gasteiger partial charge in [0.15, 0.2) is 5.54 Å². The third-order valence-corrected chi connectivity index (χ3v) is 9.59. The van der Waals surface area contributed by atoms with Crippen LogP contribution in [-0.4, -0.2) is 54.1 Å². The summed E-state index contributed by atoms with van der Waals surface area (Å²) in [4.78, 5) is 34.6. The maximum absolute atomic E-state index is 12.3. The number of hydrogen-bond acceptors (Lipinski definition) is 7. The average Bonchev–Trinajstić information content (AvgIpc) is 3.01. The Morgan fingerprint density at radius 1 is 1.00 bits per heavy atom. The van der Waals surface area contributed by atoms with Crippen molar-refractivity contribution in [2.24, 2.45) is 9.98 Å². The van der Waals surface area contributed by atoms with Crippen molar-refractivity contribution < 1.29 is 24.2 Å². The van der Waals surface area contributed by atoms with Crippen LogP contribution in [0.25, 0.3) is 16.7 Å². The third-order valence-electron chi connectivity index (χ3n) is 9.59. The summed E-state index contributed by atoms with van der Waals surface area (Å²) < 4.78 is 14.9. The molecule has 0 saturated heterocycles. The van der Waals surface area contributed by atoms with Gasteiger partial charge < -0.3 is 19.5 Å². The van der Waals surface area contributed by atoms with Gasteiger partial charge in [-0.2, -0.15) is 0 Å². The number of hydrogen-bond donors (Lipinski definition) is 1. The first-order chi connectivity index (χ1) is 23.1. The Morgan fingerprint density at radius 3 is 2.35 bits per heavy atom. The predicted octanol–water partition coefficient (Wildman–Crippen LogP) is 6.87. The molecule has 0 atom stereocenters. The Labute approximate surface area is 289 Å². The van der Waals surface area contributed by atoms with Gasteiger partial charge in [0.05, 0.1) is 11.6 Å². The number of fused-ring (bicyclic) bond motifs is 4. The minimum Gasteiger partial charge on any atom is -0.481 e. The molecule has 258 valence electrons. The molecule has 0 spiro atoms. The molecule has 5 rings (SSSR count). The van der Waals surface area contributed by atoms with Gasteiger partial charge in [0.2, 0.25) is 11.2 Å². The van der Waals surface area contributed by atoms with Crippen LogP contribution >= 0.6 is 0 Å². The minimum atomic E-state index is -0.763. The fraction of sp³-hybridized carbons (Fsp3) is 0.425. The van der Waals surface area contributed by atoms with E-state index in [-0.39, 0.29) is 23.4 Å². The van der Waals surface area contributed by atoms with E-state index in [1.54, 1.807) is 6.21 Å². The van der Waals surface area contributed by atoms with Crippen molar-refractivity contribution in [1.82, 2.24) is 4.58 Å². The summed E-state index contributed by atoms with van der Waals surface area (Å²) in [6.07, 6.45) is 8.73. The number of esters is 1. The molecule has 3 heterocycles. The van der Waals surface area contributed by atoms with Gasteiger partial charge in [0.1, 0.15) is 23.7 Å². The number of rotatable bonds is 11. The van der Waals surface area contributed by atoms with Crippen molar-refractivity contribution in [3.8, 4) is 11.5 Å². The quantitative estimate of drug-likeness (QED) is 0.0924. The molecular weight excluding hydrogens is 616 g/mol. The number of carboxylic acids is 1. The monoisotopic (exact) mass is 665 g/mol. The van der Waals surface area contributed by atoms with E-state index < -0.39 is 11.9 Å². The first-order valence-corrected chi connectivity index (χ1v) is 17.1. The number of allylic oxidation sites excluding steroid dienone is 3. The molecular formula is C40H49N4O5+. The summed E-state index contributed by atoms with van der Waals surface area (Å²) in [7, 11) is 0. The Morgan fingerprint density at radius 2 is 1.71 bits per heavy atom. The number of aliphatic imine (C=N–C) groups is 2. The van der Waals surface area contributed by atoms with E-state index in [1.165, 1.54) is 6.92 Å². The second-order valence-corrected chi connectivity index (χ2v) is 14.1. The number of unbranched alkanes of at least 4 members (excludes halogenated alkanes) is 2. The number of carbonyl (C=O) groups excluding carboxylic acids is 1. The third kappa shape index (κ3) is 6.76. The van der Waals surface area contributed by atoms with Crippen LogP contribution in [0.5, 0.6) is 11.5 Å².